The van der Waals surface area contributed by atoms with Crippen LogP contribution < -0.4 is 0 Å². The third kappa shape index (κ3) is 1.84. The van der Waals surface area contributed by atoms with Crippen molar-refractivity contribution in [3.8, 4) is 5.69 Å². The van der Waals surface area contributed by atoms with Crippen LogP contribution in [0, 0.1) is 0 Å². The second-order valence-electron chi connectivity index (χ2n) is 2.85. The molecular weight excluding hydrogens is 255 g/mol. The molecule has 1 aromatic carbocycles. The van der Waals surface area contributed by atoms with Crippen molar-refractivity contribution >= 4 is 29.2 Å². The number of carbonyl (C=O) groups is 1. The van der Waals surface area contributed by atoms with Crippen LogP contribution >= 0.6 is 23.2 Å². The van der Waals surface area contributed by atoms with Gasteiger partial charge in [-0.3, -0.25) is 0 Å². The summed E-state index contributed by atoms with van der Waals surface area (Å²) in [5.41, 5.74) is 0.352. The Morgan fingerprint density at radius 1 is 1.31 bits per heavy atom. The predicted octanol–water partition coefficient (Wildman–Crippen LogP) is 1.67. The zero-order valence-electron chi connectivity index (χ0n) is 7.63. The van der Waals surface area contributed by atoms with Gasteiger partial charge in [0, 0.05) is 0 Å². The molecule has 0 atom stereocenters. The molecule has 2 rings (SSSR count). The van der Waals surface area contributed by atoms with Crippen molar-refractivity contribution in [2.45, 2.75) is 0 Å². The number of tetrazole rings is 1. The van der Waals surface area contributed by atoms with Gasteiger partial charge in [0.05, 0.1) is 15.6 Å². The first kappa shape index (κ1) is 10.8. The van der Waals surface area contributed by atoms with E-state index >= 15 is 0 Å². The maximum absolute atomic E-state index is 10.7. The minimum atomic E-state index is -1.10. The van der Waals surface area contributed by atoms with Crippen molar-refractivity contribution in [1.29, 1.82) is 0 Å². The Hall–Kier alpha value is -1.66. The van der Waals surface area contributed by atoms with E-state index in [0.717, 1.165) is 0 Å². The normalized spacial score (nSPS) is 10.4. The van der Waals surface area contributed by atoms with Crippen molar-refractivity contribution in [2.75, 3.05) is 0 Å². The summed E-state index contributed by atoms with van der Waals surface area (Å²) in [6, 6.07) is 2.57. The van der Waals surface area contributed by atoms with Crippen LogP contribution in [0.5, 0.6) is 0 Å². The van der Waals surface area contributed by atoms with E-state index in [0.29, 0.717) is 5.69 Å². The van der Waals surface area contributed by atoms with Crippen molar-refractivity contribution < 1.29 is 9.90 Å². The highest BCUT2D eigenvalue weighted by atomic mass is 35.5. The van der Waals surface area contributed by atoms with Crippen LogP contribution in [0.15, 0.2) is 18.5 Å². The SMILES string of the molecule is O=C(O)c1cc(Cl)c(-n2cnnn2)c(Cl)c1. The summed E-state index contributed by atoms with van der Waals surface area (Å²) in [6.45, 7) is 0. The van der Waals surface area contributed by atoms with Crippen molar-refractivity contribution in [1.82, 2.24) is 20.2 Å². The van der Waals surface area contributed by atoms with E-state index in [1.807, 2.05) is 0 Å². The molecule has 2 aromatic rings. The molecule has 82 valence electrons. The van der Waals surface area contributed by atoms with Gasteiger partial charge in [0.15, 0.2) is 0 Å². The highest BCUT2D eigenvalue weighted by Crippen LogP contribution is 2.29. The summed E-state index contributed by atoms with van der Waals surface area (Å²) >= 11 is 11.8. The largest absolute Gasteiger partial charge is 0.478 e. The van der Waals surface area contributed by atoms with Crippen molar-refractivity contribution in [3.05, 3.63) is 34.1 Å². The minimum Gasteiger partial charge on any atom is -0.478 e. The Balaban J connectivity index is 2.61. The lowest BCUT2D eigenvalue weighted by Crippen LogP contribution is -2.02. The van der Waals surface area contributed by atoms with Gasteiger partial charge in [0.25, 0.3) is 0 Å². The Labute approximate surface area is 99.4 Å². The number of aromatic carboxylic acids is 1. The van der Waals surface area contributed by atoms with E-state index < -0.39 is 5.97 Å². The number of benzene rings is 1. The number of nitrogens with zero attached hydrogens (tertiary/aromatic N) is 4. The fourth-order valence-electron chi connectivity index (χ4n) is 1.17. The molecule has 0 aliphatic rings. The molecule has 1 N–H and O–H groups in total. The van der Waals surface area contributed by atoms with Gasteiger partial charge in [-0.05, 0) is 22.6 Å². The fourth-order valence-corrected chi connectivity index (χ4v) is 1.83. The smallest absolute Gasteiger partial charge is 0.335 e. The lowest BCUT2D eigenvalue weighted by Gasteiger charge is -2.06. The lowest BCUT2D eigenvalue weighted by molar-refractivity contribution is 0.0697. The number of carboxylic acid groups (broad SMARTS) is 1. The number of hydrogen-bond acceptors (Lipinski definition) is 4. The monoisotopic (exact) mass is 258 g/mol. The van der Waals surface area contributed by atoms with Gasteiger partial charge in [0.1, 0.15) is 12.0 Å². The Morgan fingerprint density at radius 3 is 2.38 bits per heavy atom. The maximum atomic E-state index is 10.7. The summed E-state index contributed by atoms with van der Waals surface area (Å²) in [7, 11) is 0. The fraction of sp³-hybridized carbons (Fsp3) is 0. The van der Waals surface area contributed by atoms with Crippen LogP contribution in [0.25, 0.3) is 5.69 Å². The average molecular weight is 259 g/mol. The summed E-state index contributed by atoms with van der Waals surface area (Å²) in [5.74, 6) is -1.10. The second-order valence-corrected chi connectivity index (χ2v) is 3.66. The van der Waals surface area contributed by atoms with Crippen molar-refractivity contribution in [2.24, 2.45) is 0 Å². The molecule has 1 heterocycles. The van der Waals surface area contributed by atoms with Gasteiger partial charge in [-0.2, -0.15) is 4.68 Å². The number of carboxylic acids is 1. The van der Waals surface area contributed by atoms with Crippen molar-refractivity contribution in [3.63, 3.8) is 0 Å². The molecule has 0 bridgehead atoms. The van der Waals surface area contributed by atoms with E-state index in [9.17, 15) is 4.79 Å². The number of aromatic nitrogens is 4. The molecule has 0 amide bonds. The molecule has 0 aliphatic heterocycles. The lowest BCUT2D eigenvalue weighted by atomic mass is 10.2. The van der Waals surface area contributed by atoms with Crippen LogP contribution in [0.3, 0.4) is 0 Å². The topological polar surface area (TPSA) is 80.9 Å². The van der Waals surface area contributed by atoms with Gasteiger partial charge in [-0.1, -0.05) is 23.2 Å². The van der Waals surface area contributed by atoms with Crippen LogP contribution in [-0.2, 0) is 0 Å². The first-order valence-corrected chi connectivity index (χ1v) is 4.81. The van der Waals surface area contributed by atoms with Crippen LogP contribution in [0.1, 0.15) is 10.4 Å². The van der Waals surface area contributed by atoms with Crippen LogP contribution in [0.4, 0.5) is 0 Å². The molecule has 1 aromatic heterocycles. The summed E-state index contributed by atoms with van der Waals surface area (Å²) in [5, 5.41) is 19.6. The molecule has 0 spiro atoms. The standard InChI is InChI=1S/C8H4Cl2N4O2/c9-5-1-4(8(15)16)2-6(10)7(5)14-3-11-12-13-14/h1-3H,(H,15,16). The van der Waals surface area contributed by atoms with Gasteiger partial charge in [0.2, 0.25) is 0 Å². The van der Waals surface area contributed by atoms with E-state index in [2.05, 4.69) is 15.5 Å². The molecule has 8 heteroatoms. The first-order chi connectivity index (χ1) is 7.59. The summed E-state index contributed by atoms with van der Waals surface area (Å²) in [4.78, 5) is 10.7. The summed E-state index contributed by atoms with van der Waals surface area (Å²) < 4.78 is 1.26. The summed E-state index contributed by atoms with van der Waals surface area (Å²) in [6.07, 6.45) is 1.31. The van der Waals surface area contributed by atoms with E-state index in [-0.39, 0.29) is 15.6 Å². The molecular formula is C8H4Cl2N4O2. The van der Waals surface area contributed by atoms with Gasteiger partial charge in [-0.25, -0.2) is 4.79 Å². The zero-order chi connectivity index (χ0) is 11.7. The maximum Gasteiger partial charge on any atom is 0.335 e. The van der Waals surface area contributed by atoms with Gasteiger partial charge >= 0.3 is 5.97 Å². The molecule has 0 unspecified atom stereocenters. The molecule has 0 saturated carbocycles. The quantitative estimate of drug-likeness (QED) is 0.887. The molecule has 16 heavy (non-hydrogen) atoms. The third-order valence-electron chi connectivity index (χ3n) is 1.84. The van der Waals surface area contributed by atoms with Crippen LogP contribution in [0.2, 0.25) is 10.0 Å². The third-order valence-corrected chi connectivity index (χ3v) is 2.42. The molecule has 0 saturated heterocycles. The first-order valence-electron chi connectivity index (χ1n) is 4.05. The predicted molar refractivity (Wildman–Crippen MR) is 56.1 cm³/mol. The molecule has 6 nitrogen and oxygen atoms in total. The van der Waals surface area contributed by atoms with E-state index in [1.54, 1.807) is 0 Å². The second kappa shape index (κ2) is 4.07. The highest BCUT2D eigenvalue weighted by Gasteiger charge is 2.14. The molecule has 0 aliphatic carbocycles. The van der Waals surface area contributed by atoms with Crippen LogP contribution in [-0.4, -0.2) is 31.3 Å². The minimum absolute atomic E-state index is 0.00632. The molecule has 0 fully saturated rings. The van der Waals surface area contributed by atoms with E-state index in [4.69, 9.17) is 28.3 Å². The Morgan fingerprint density at radius 2 is 1.94 bits per heavy atom. The highest BCUT2D eigenvalue weighted by molar-refractivity contribution is 6.38. The van der Waals surface area contributed by atoms with Gasteiger partial charge < -0.3 is 5.11 Å². The Kier molecular flexibility index (Phi) is 2.76. The number of rotatable bonds is 2. The average Bonchev–Trinajstić information content (AvgIpc) is 2.69. The Bertz CT molecular complexity index is 518. The van der Waals surface area contributed by atoms with E-state index in [1.165, 1.54) is 23.1 Å². The molecule has 0 radical (unpaired) electrons. The number of hydrogen-bond donors (Lipinski definition) is 1. The number of halogens is 2. The van der Waals surface area contributed by atoms with Gasteiger partial charge in [-0.15, -0.1) is 5.10 Å². The zero-order valence-corrected chi connectivity index (χ0v) is 9.14.